The van der Waals surface area contributed by atoms with Crippen LogP contribution in [-0.4, -0.2) is 37.3 Å². The van der Waals surface area contributed by atoms with Crippen LogP contribution >= 0.6 is 0 Å². The molecule has 0 aliphatic carbocycles. The van der Waals surface area contributed by atoms with Gasteiger partial charge in [-0.2, -0.15) is 0 Å². The number of benzene rings is 1. The molecule has 1 fully saturated rings. The van der Waals surface area contributed by atoms with Crippen molar-refractivity contribution < 1.29 is 14.3 Å². The molecule has 0 bridgehead atoms. The number of hydrogen-bond donors (Lipinski definition) is 1. The number of likely N-dealkylation sites (tertiary alicyclic amines) is 1. The van der Waals surface area contributed by atoms with Crippen molar-refractivity contribution in [3.63, 3.8) is 0 Å². The van der Waals surface area contributed by atoms with E-state index in [4.69, 9.17) is 9.15 Å². The smallest absolute Gasteiger partial charge is 0.137 e. The minimum atomic E-state index is -0.771. The van der Waals surface area contributed by atoms with Crippen LogP contribution in [0.2, 0.25) is 0 Å². The van der Waals surface area contributed by atoms with Crippen molar-refractivity contribution in [2.24, 2.45) is 0 Å². The van der Waals surface area contributed by atoms with Crippen LogP contribution in [0, 0.1) is 0 Å². The minimum Gasteiger partial charge on any atom is -0.497 e. The van der Waals surface area contributed by atoms with Crippen LogP contribution in [0.1, 0.15) is 18.4 Å². The largest absolute Gasteiger partial charge is 0.497 e. The standard InChI is InChI=1S/C15H19NO3/c1-16-7-5-15(17,6-8-16)13-10-19-14-9-11(18-2)3-4-12(13)14/h3-4,9-10,17H,5-8H2,1-2H3. The first-order chi connectivity index (χ1) is 9.12. The van der Waals surface area contributed by atoms with E-state index in [9.17, 15) is 5.11 Å². The molecule has 1 aliphatic rings. The fourth-order valence-electron chi connectivity index (χ4n) is 2.75. The Labute approximate surface area is 112 Å². The molecule has 2 aromatic rings. The van der Waals surface area contributed by atoms with Gasteiger partial charge < -0.3 is 19.2 Å². The van der Waals surface area contributed by atoms with Crippen LogP contribution in [0.3, 0.4) is 0 Å². The van der Waals surface area contributed by atoms with Gasteiger partial charge in [0.25, 0.3) is 0 Å². The molecule has 2 heterocycles. The molecule has 1 aliphatic heterocycles. The van der Waals surface area contributed by atoms with Crippen molar-refractivity contribution >= 4 is 11.0 Å². The highest BCUT2D eigenvalue weighted by molar-refractivity contribution is 5.83. The Kier molecular flexibility index (Phi) is 2.99. The first-order valence-corrected chi connectivity index (χ1v) is 6.59. The molecule has 0 atom stereocenters. The van der Waals surface area contributed by atoms with Gasteiger partial charge in [0.05, 0.1) is 19.0 Å². The highest BCUT2D eigenvalue weighted by Gasteiger charge is 2.35. The van der Waals surface area contributed by atoms with Crippen LogP contribution in [0.4, 0.5) is 0 Å². The zero-order valence-corrected chi connectivity index (χ0v) is 11.3. The number of rotatable bonds is 2. The van der Waals surface area contributed by atoms with E-state index in [-0.39, 0.29) is 0 Å². The first kappa shape index (κ1) is 12.5. The highest BCUT2D eigenvalue weighted by atomic mass is 16.5. The normalized spacial score (nSPS) is 19.7. The number of ether oxygens (including phenoxy) is 1. The van der Waals surface area contributed by atoms with Crippen molar-refractivity contribution in [1.82, 2.24) is 4.90 Å². The number of hydrogen-bond acceptors (Lipinski definition) is 4. The maximum Gasteiger partial charge on any atom is 0.137 e. The lowest BCUT2D eigenvalue weighted by Crippen LogP contribution is -2.40. The zero-order chi connectivity index (χ0) is 13.5. The molecule has 0 unspecified atom stereocenters. The van der Waals surface area contributed by atoms with E-state index in [1.165, 1.54) is 0 Å². The second-order valence-corrected chi connectivity index (χ2v) is 5.35. The molecule has 1 saturated heterocycles. The van der Waals surface area contributed by atoms with Gasteiger partial charge in [-0.3, -0.25) is 0 Å². The summed E-state index contributed by atoms with van der Waals surface area (Å²) in [6.45, 7) is 1.80. The van der Waals surface area contributed by atoms with Crippen molar-refractivity contribution in [2.45, 2.75) is 18.4 Å². The summed E-state index contributed by atoms with van der Waals surface area (Å²) in [6, 6.07) is 5.72. The molecular formula is C15H19NO3. The van der Waals surface area contributed by atoms with Crippen molar-refractivity contribution in [2.75, 3.05) is 27.2 Å². The number of furan rings is 1. The third-order valence-electron chi connectivity index (χ3n) is 4.10. The SMILES string of the molecule is COc1ccc2c(C3(O)CCN(C)CC3)coc2c1. The van der Waals surface area contributed by atoms with Gasteiger partial charge in [0.1, 0.15) is 11.3 Å². The summed E-state index contributed by atoms with van der Waals surface area (Å²) >= 11 is 0. The summed E-state index contributed by atoms with van der Waals surface area (Å²) in [4.78, 5) is 2.24. The third-order valence-corrected chi connectivity index (χ3v) is 4.10. The predicted molar refractivity (Wildman–Crippen MR) is 73.4 cm³/mol. The lowest BCUT2D eigenvalue weighted by atomic mass is 9.84. The van der Waals surface area contributed by atoms with Crippen molar-refractivity contribution in [3.05, 3.63) is 30.0 Å². The molecule has 102 valence electrons. The minimum absolute atomic E-state index is 0.740. The molecule has 0 amide bonds. The van der Waals surface area contributed by atoms with Crippen LogP contribution in [0.25, 0.3) is 11.0 Å². The van der Waals surface area contributed by atoms with E-state index in [0.717, 1.165) is 48.2 Å². The number of piperidine rings is 1. The first-order valence-electron chi connectivity index (χ1n) is 6.59. The van der Waals surface area contributed by atoms with E-state index >= 15 is 0 Å². The molecule has 3 rings (SSSR count). The van der Waals surface area contributed by atoms with E-state index < -0.39 is 5.60 Å². The average molecular weight is 261 g/mol. The molecule has 0 radical (unpaired) electrons. The van der Waals surface area contributed by atoms with Crippen LogP contribution < -0.4 is 4.74 Å². The Morgan fingerprint density at radius 1 is 1.32 bits per heavy atom. The van der Waals surface area contributed by atoms with Crippen LogP contribution in [0.15, 0.2) is 28.9 Å². The number of aliphatic hydroxyl groups is 1. The summed E-state index contributed by atoms with van der Waals surface area (Å²) in [6.07, 6.45) is 3.17. The van der Waals surface area contributed by atoms with E-state index in [0.29, 0.717) is 0 Å². The van der Waals surface area contributed by atoms with Crippen molar-refractivity contribution in [1.29, 1.82) is 0 Å². The lowest BCUT2D eigenvalue weighted by Gasteiger charge is -2.36. The summed E-state index contributed by atoms with van der Waals surface area (Å²) in [7, 11) is 3.72. The van der Waals surface area contributed by atoms with Gasteiger partial charge in [-0.1, -0.05) is 0 Å². The summed E-state index contributed by atoms with van der Waals surface area (Å²) in [5.74, 6) is 0.767. The van der Waals surface area contributed by atoms with E-state index in [2.05, 4.69) is 11.9 Å². The molecular weight excluding hydrogens is 242 g/mol. The molecule has 4 nitrogen and oxygen atoms in total. The second kappa shape index (κ2) is 4.54. The Morgan fingerprint density at radius 2 is 2.05 bits per heavy atom. The van der Waals surface area contributed by atoms with Crippen LogP contribution in [-0.2, 0) is 5.60 Å². The Balaban J connectivity index is 2.01. The van der Waals surface area contributed by atoms with E-state index in [1.807, 2.05) is 18.2 Å². The maximum absolute atomic E-state index is 10.9. The van der Waals surface area contributed by atoms with Gasteiger partial charge in [-0.05, 0) is 32.0 Å². The maximum atomic E-state index is 10.9. The quantitative estimate of drug-likeness (QED) is 0.901. The molecule has 1 aromatic carbocycles. The molecule has 0 spiro atoms. The molecule has 1 aromatic heterocycles. The van der Waals surface area contributed by atoms with Gasteiger partial charge in [-0.15, -0.1) is 0 Å². The van der Waals surface area contributed by atoms with Gasteiger partial charge >= 0.3 is 0 Å². The van der Waals surface area contributed by atoms with E-state index in [1.54, 1.807) is 13.4 Å². The Hall–Kier alpha value is -1.52. The Bertz CT molecular complexity index is 582. The second-order valence-electron chi connectivity index (χ2n) is 5.35. The lowest BCUT2D eigenvalue weighted by molar-refractivity contribution is -0.0196. The summed E-state index contributed by atoms with van der Waals surface area (Å²) in [5, 5.41) is 11.8. The van der Waals surface area contributed by atoms with Gasteiger partial charge in [0.2, 0.25) is 0 Å². The molecule has 1 N–H and O–H groups in total. The van der Waals surface area contributed by atoms with Gasteiger partial charge in [0, 0.05) is 30.1 Å². The highest BCUT2D eigenvalue weighted by Crippen LogP contribution is 2.38. The topological polar surface area (TPSA) is 45.8 Å². The Morgan fingerprint density at radius 3 is 2.74 bits per heavy atom. The summed E-state index contributed by atoms with van der Waals surface area (Å²) in [5.41, 5.74) is 0.895. The van der Waals surface area contributed by atoms with Gasteiger partial charge in [-0.25, -0.2) is 0 Å². The fraction of sp³-hybridized carbons (Fsp3) is 0.467. The van der Waals surface area contributed by atoms with Crippen LogP contribution in [0.5, 0.6) is 5.75 Å². The summed E-state index contributed by atoms with van der Waals surface area (Å²) < 4.78 is 10.8. The third kappa shape index (κ3) is 2.11. The molecule has 0 saturated carbocycles. The fourth-order valence-corrected chi connectivity index (χ4v) is 2.75. The number of nitrogens with zero attached hydrogens (tertiary/aromatic N) is 1. The zero-order valence-electron chi connectivity index (χ0n) is 11.3. The predicted octanol–water partition coefficient (Wildman–Crippen LogP) is 2.35. The monoisotopic (exact) mass is 261 g/mol. The number of methoxy groups -OCH3 is 1. The van der Waals surface area contributed by atoms with Crippen molar-refractivity contribution in [3.8, 4) is 5.75 Å². The number of fused-ring (bicyclic) bond motifs is 1. The van der Waals surface area contributed by atoms with Gasteiger partial charge in [0.15, 0.2) is 0 Å². The molecule has 19 heavy (non-hydrogen) atoms. The molecule has 4 heteroatoms. The average Bonchev–Trinajstić information content (AvgIpc) is 2.86.